The van der Waals surface area contributed by atoms with Crippen LogP contribution < -0.4 is 10.5 Å². The SMILES string of the molecule is C=Cc1nn(C(C)c2cc(Cl)c(C)c(C3=CN(C(=O)N(C)C)CC=C3)c2OCC)c2ncnc(N)c12. The first-order valence-electron chi connectivity index (χ1n) is 11.6. The molecule has 2 amide bonds. The summed E-state index contributed by atoms with van der Waals surface area (Å²) in [6.45, 7) is 10.7. The van der Waals surface area contributed by atoms with Crippen LogP contribution >= 0.6 is 11.6 Å². The third-order valence-corrected chi connectivity index (χ3v) is 6.55. The van der Waals surface area contributed by atoms with Crippen molar-refractivity contribution in [1.29, 1.82) is 0 Å². The van der Waals surface area contributed by atoms with Crippen LogP contribution in [0.15, 0.2) is 37.3 Å². The smallest absolute Gasteiger partial charge is 0.323 e. The zero-order valence-electron chi connectivity index (χ0n) is 21.1. The zero-order chi connectivity index (χ0) is 26.1. The van der Waals surface area contributed by atoms with Crippen LogP contribution in [0.4, 0.5) is 10.6 Å². The van der Waals surface area contributed by atoms with E-state index in [4.69, 9.17) is 27.2 Å². The minimum Gasteiger partial charge on any atom is -0.493 e. The summed E-state index contributed by atoms with van der Waals surface area (Å²) in [5.74, 6) is 1.01. The van der Waals surface area contributed by atoms with Crippen LogP contribution in [-0.2, 0) is 0 Å². The average Bonchev–Trinajstić information content (AvgIpc) is 3.25. The number of hydrogen-bond acceptors (Lipinski definition) is 6. The Labute approximate surface area is 215 Å². The van der Waals surface area contributed by atoms with Gasteiger partial charge in [0.1, 0.15) is 17.9 Å². The Bertz CT molecular complexity index is 1410. The Morgan fingerprint density at radius 1 is 1.39 bits per heavy atom. The standard InChI is InChI=1S/C26H30ClN7O2/c1-7-20-22-24(28)29-14-30-25(22)34(31-20)16(4)18-12-19(27)15(3)21(23(18)36-8-2)17-10-9-11-33(13-17)26(35)32(5)6/h7,9-10,12-14,16H,1,8,11H2,2-6H3,(H2,28,29,30). The van der Waals surface area contributed by atoms with Gasteiger partial charge < -0.3 is 15.4 Å². The molecule has 1 unspecified atom stereocenters. The summed E-state index contributed by atoms with van der Waals surface area (Å²) in [4.78, 5) is 24.4. The predicted molar refractivity (Wildman–Crippen MR) is 144 cm³/mol. The molecule has 3 heterocycles. The molecule has 2 N–H and O–H groups in total. The fourth-order valence-corrected chi connectivity index (χ4v) is 4.58. The number of allylic oxidation sites excluding steroid dienone is 2. The van der Waals surface area contributed by atoms with Gasteiger partial charge in [-0.05, 0) is 38.5 Å². The predicted octanol–water partition coefficient (Wildman–Crippen LogP) is 4.92. The number of nitrogens with two attached hydrogens (primary N) is 1. The highest BCUT2D eigenvalue weighted by Gasteiger charge is 2.27. The van der Waals surface area contributed by atoms with Crippen molar-refractivity contribution in [2.75, 3.05) is 33.0 Å². The van der Waals surface area contributed by atoms with Crippen molar-refractivity contribution in [3.8, 4) is 5.75 Å². The molecule has 0 fully saturated rings. The van der Waals surface area contributed by atoms with Crippen LogP contribution in [0.1, 0.15) is 42.3 Å². The number of rotatable bonds is 6. The highest BCUT2D eigenvalue weighted by Crippen LogP contribution is 2.42. The number of aromatic nitrogens is 4. The second-order valence-corrected chi connectivity index (χ2v) is 9.10. The second kappa shape index (κ2) is 10.0. The number of urea groups is 1. The lowest BCUT2D eigenvalue weighted by molar-refractivity contribution is 0.192. The molecular weight excluding hydrogens is 478 g/mol. The number of anilines is 1. The van der Waals surface area contributed by atoms with E-state index in [0.29, 0.717) is 46.5 Å². The van der Waals surface area contributed by atoms with Crippen molar-refractivity contribution in [3.05, 3.63) is 64.7 Å². The summed E-state index contributed by atoms with van der Waals surface area (Å²) in [5.41, 5.74) is 10.7. The van der Waals surface area contributed by atoms with E-state index >= 15 is 0 Å². The highest BCUT2D eigenvalue weighted by molar-refractivity contribution is 6.31. The maximum absolute atomic E-state index is 12.7. The molecular formula is C26H30ClN7O2. The number of nitrogens with zero attached hydrogens (tertiary/aromatic N) is 6. The Kier molecular flexibility index (Phi) is 7.03. The van der Waals surface area contributed by atoms with Crippen LogP contribution in [0, 0.1) is 6.92 Å². The quantitative estimate of drug-likeness (QED) is 0.508. The molecule has 0 radical (unpaired) electrons. The molecule has 0 aliphatic carbocycles. The van der Waals surface area contributed by atoms with Gasteiger partial charge in [-0.25, -0.2) is 19.4 Å². The molecule has 3 aromatic rings. The largest absolute Gasteiger partial charge is 0.493 e. The number of amides is 2. The molecule has 1 aliphatic heterocycles. The molecule has 36 heavy (non-hydrogen) atoms. The fourth-order valence-electron chi connectivity index (χ4n) is 4.36. The van der Waals surface area contributed by atoms with Gasteiger partial charge in [0.2, 0.25) is 0 Å². The molecule has 0 saturated carbocycles. The van der Waals surface area contributed by atoms with Gasteiger partial charge in [-0.2, -0.15) is 5.10 Å². The van der Waals surface area contributed by atoms with E-state index < -0.39 is 0 Å². The molecule has 1 atom stereocenters. The number of hydrogen-bond donors (Lipinski definition) is 1. The lowest BCUT2D eigenvalue weighted by atomic mass is 9.93. The zero-order valence-corrected chi connectivity index (χ0v) is 21.9. The number of halogens is 1. The van der Waals surface area contributed by atoms with Crippen molar-refractivity contribution in [2.45, 2.75) is 26.8 Å². The normalized spacial score (nSPS) is 14.1. The molecule has 1 aromatic carbocycles. The number of ether oxygens (including phenoxy) is 1. The third kappa shape index (κ3) is 4.30. The van der Waals surface area contributed by atoms with E-state index in [0.717, 1.165) is 22.3 Å². The fraction of sp³-hybridized carbons (Fsp3) is 0.308. The Hall–Kier alpha value is -3.85. The van der Waals surface area contributed by atoms with E-state index in [-0.39, 0.29) is 12.1 Å². The maximum atomic E-state index is 12.7. The Morgan fingerprint density at radius 3 is 2.81 bits per heavy atom. The average molecular weight is 508 g/mol. The monoisotopic (exact) mass is 507 g/mol. The minimum atomic E-state index is -0.318. The summed E-state index contributed by atoms with van der Waals surface area (Å²) < 4.78 is 8.03. The first kappa shape index (κ1) is 25.2. The van der Waals surface area contributed by atoms with Gasteiger partial charge in [-0.15, -0.1) is 0 Å². The highest BCUT2D eigenvalue weighted by atomic mass is 35.5. The molecule has 1 aliphatic rings. The lowest BCUT2D eigenvalue weighted by Crippen LogP contribution is -2.36. The van der Waals surface area contributed by atoms with E-state index in [1.807, 2.05) is 45.2 Å². The molecule has 9 nitrogen and oxygen atoms in total. The molecule has 4 rings (SSSR count). The molecule has 188 valence electrons. The second-order valence-electron chi connectivity index (χ2n) is 8.69. The van der Waals surface area contributed by atoms with Gasteiger partial charge in [0.15, 0.2) is 5.65 Å². The Balaban J connectivity index is 1.93. The molecule has 2 aromatic heterocycles. The first-order chi connectivity index (χ1) is 17.2. The molecule has 0 bridgehead atoms. The van der Waals surface area contributed by atoms with Gasteiger partial charge in [0.05, 0.1) is 23.7 Å². The summed E-state index contributed by atoms with van der Waals surface area (Å²) >= 11 is 6.78. The summed E-state index contributed by atoms with van der Waals surface area (Å²) in [5, 5.41) is 5.95. The minimum absolute atomic E-state index is 0.111. The topological polar surface area (TPSA) is 102 Å². The van der Waals surface area contributed by atoms with Gasteiger partial charge >= 0.3 is 6.03 Å². The third-order valence-electron chi connectivity index (χ3n) is 6.16. The van der Waals surface area contributed by atoms with Gasteiger partial charge in [-0.1, -0.05) is 30.3 Å². The van der Waals surface area contributed by atoms with Crippen LogP contribution in [0.2, 0.25) is 5.02 Å². The van der Waals surface area contributed by atoms with E-state index in [9.17, 15) is 4.79 Å². The van der Waals surface area contributed by atoms with Crippen LogP contribution in [0.25, 0.3) is 22.7 Å². The molecule has 0 saturated heterocycles. The van der Waals surface area contributed by atoms with Gasteiger partial charge in [0, 0.05) is 48.6 Å². The summed E-state index contributed by atoms with van der Waals surface area (Å²) in [6.07, 6.45) is 8.83. The molecule has 0 spiro atoms. The van der Waals surface area contributed by atoms with Gasteiger partial charge in [0.25, 0.3) is 0 Å². The van der Waals surface area contributed by atoms with Crippen molar-refractivity contribution in [1.82, 2.24) is 29.5 Å². The first-order valence-corrected chi connectivity index (χ1v) is 12.0. The van der Waals surface area contributed by atoms with Crippen molar-refractivity contribution in [2.24, 2.45) is 0 Å². The van der Waals surface area contributed by atoms with Crippen LogP contribution in [-0.4, -0.2) is 62.8 Å². The number of carbonyl (C=O) groups excluding carboxylic acids is 1. The summed E-state index contributed by atoms with van der Waals surface area (Å²) in [6, 6.07) is 1.47. The van der Waals surface area contributed by atoms with E-state index in [1.165, 1.54) is 6.33 Å². The van der Waals surface area contributed by atoms with Crippen molar-refractivity contribution < 1.29 is 9.53 Å². The maximum Gasteiger partial charge on any atom is 0.323 e. The van der Waals surface area contributed by atoms with E-state index in [1.54, 1.807) is 34.7 Å². The van der Waals surface area contributed by atoms with Gasteiger partial charge in [-0.3, -0.25) is 4.90 Å². The number of benzene rings is 1. The Morgan fingerprint density at radius 2 is 2.14 bits per heavy atom. The summed E-state index contributed by atoms with van der Waals surface area (Å²) in [7, 11) is 3.46. The number of carbonyl (C=O) groups is 1. The van der Waals surface area contributed by atoms with Crippen LogP contribution in [0.5, 0.6) is 5.75 Å². The number of nitrogen functional groups attached to an aromatic ring is 1. The van der Waals surface area contributed by atoms with Crippen LogP contribution in [0.3, 0.4) is 0 Å². The van der Waals surface area contributed by atoms with Crippen molar-refractivity contribution in [3.63, 3.8) is 0 Å². The lowest BCUT2D eigenvalue weighted by Gasteiger charge is -2.27. The van der Waals surface area contributed by atoms with E-state index in [2.05, 4.69) is 16.5 Å². The number of fused-ring (bicyclic) bond motifs is 1. The molecule has 10 heteroatoms. The van der Waals surface area contributed by atoms with Crippen molar-refractivity contribution >= 4 is 46.1 Å².